The molecule has 0 aliphatic rings. The zero-order valence-corrected chi connectivity index (χ0v) is 18.1. The average Bonchev–Trinajstić information content (AvgIpc) is 2.61. The molecule has 0 unspecified atom stereocenters. The van der Waals surface area contributed by atoms with Crippen LogP contribution >= 0.6 is 0 Å². The van der Waals surface area contributed by atoms with Crippen LogP contribution in [0, 0.1) is 5.82 Å². The highest BCUT2D eigenvalue weighted by atomic mass is 32.2. The van der Waals surface area contributed by atoms with Crippen LogP contribution in [-0.4, -0.2) is 41.3 Å². The second-order valence-corrected chi connectivity index (χ2v) is 10.6. The molecule has 1 amide bonds. The van der Waals surface area contributed by atoms with Gasteiger partial charge in [0.25, 0.3) is 0 Å². The van der Waals surface area contributed by atoms with Gasteiger partial charge < -0.3 is 5.32 Å². The molecule has 158 valence electrons. The van der Waals surface area contributed by atoms with Crippen molar-refractivity contribution in [2.75, 3.05) is 16.8 Å². The van der Waals surface area contributed by atoms with E-state index in [2.05, 4.69) is 5.32 Å². The Morgan fingerprint density at radius 1 is 0.966 bits per heavy atom. The Labute approximate surface area is 170 Å². The van der Waals surface area contributed by atoms with Crippen molar-refractivity contribution in [3.63, 3.8) is 0 Å². The predicted molar refractivity (Wildman–Crippen MR) is 109 cm³/mol. The number of anilines is 1. The highest BCUT2D eigenvalue weighted by molar-refractivity contribution is 7.92. The fraction of sp³-hybridized carbons (Fsp3) is 0.316. The Bertz CT molecular complexity index is 1100. The first-order valence-electron chi connectivity index (χ1n) is 8.66. The summed E-state index contributed by atoms with van der Waals surface area (Å²) in [5, 5.41) is 2.68. The summed E-state index contributed by atoms with van der Waals surface area (Å²) in [6.45, 7) is 3.04. The van der Waals surface area contributed by atoms with Gasteiger partial charge in [0.15, 0.2) is 9.84 Å². The molecule has 0 heterocycles. The van der Waals surface area contributed by atoms with Crippen molar-refractivity contribution in [3.8, 4) is 0 Å². The van der Waals surface area contributed by atoms with Crippen LogP contribution in [0.25, 0.3) is 0 Å². The van der Waals surface area contributed by atoms with E-state index < -0.39 is 43.7 Å². The third-order valence-corrected chi connectivity index (χ3v) is 6.70. The molecule has 0 spiro atoms. The fourth-order valence-electron chi connectivity index (χ4n) is 2.83. The number of amides is 1. The lowest BCUT2D eigenvalue weighted by Gasteiger charge is -2.29. The highest BCUT2D eigenvalue weighted by Crippen LogP contribution is 2.24. The van der Waals surface area contributed by atoms with Gasteiger partial charge in [-0.3, -0.25) is 9.10 Å². The second-order valence-electron chi connectivity index (χ2n) is 6.76. The fourth-order valence-corrected chi connectivity index (χ4v) is 4.64. The monoisotopic (exact) mass is 442 g/mol. The van der Waals surface area contributed by atoms with E-state index in [1.54, 1.807) is 19.1 Å². The Balaban J connectivity index is 2.24. The summed E-state index contributed by atoms with van der Waals surface area (Å²) in [7, 11) is -7.28. The Hall–Kier alpha value is -2.46. The van der Waals surface area contributed by atoms with Gasteiger partial charge in [-0.25, -0.2) is 21.2 Å². The summed E-state index contributed by atoms with van der Waals surface area (Å²) in [6, 6.07) is 9.56. The smallest absolute Gasteiger partial charge is 0.244 e. The summed E-state index contributed by atoms with van der Waals surface area (Å²) in [5.74, 6) is -1.39. The summed E-state index contributed by atoms with van der Waals surface area (Å²) in [5.41, 5.74) is 0.414. The van der Waals surface area contributed by atoms with Gasteiger partial charge in [-0.15, -0.1) is 0 Å². The van der Waals surface area contributed by atoms with E-state index in [0.717, 1.165) is 22.9 Å². The maximum Gasteiger partial charge on any atom is 0.244 e. The second kappa shape index (κ2) is 8.50. The van der Waals surface area contributed by atoms with Crippen molar-refractivity contribution in [1.82, 2.24) is 5.32 Å². The Morgan fingerprint density at radius 2 is 1.52 bits per heavy atom. The lowest BCUT2D eigenvalue weighted by atomic mass is 10.1. The van der Waals surface area contributed by atoms with Crippen LogP contribution in [0.5, 0.6) is 0 Å². The summed E-state index contributed by atoms with van der Waals surface area (Å²) >= 11 is 0. The quantitative estimate of drug-likeness (QED) is 0.709. The van der Waals surface area contributed by atoms with Crippen molar-refractivity contribution in [3.05, 3.63) is 59.9 Å². The zero-order chi connectivity index (χ0) is 22.0. The maximum absolute atomic E-state index is 14.2. The number of sulfone groups is 1. The third-order valence-electron chi connectivity index (χ3n) is 4.35. The molecular formula is C19H23FN2O5S2. The van der Waals surface area contributed by atoms with E-state index in [1.165, 1.54) is 37.3 Å². The van der Waals surface area contributed by atoms with Gasteiger partial charge in [-0.05, 0) is 43.7 Å². The number of sulfonamides is 1. The van der Waals surface area contributed by atoms with Crippen molar-refractivity contribution < 1.29 is 26.0 Å². The van der Waals surface area contributed by atoms with Gasteiger partial charge in [0.1, 0.15) is 11.9 Å². The molecule has 2 atom stereocenters. The van der Waals surface area contributed by atoms with Crippen molar-refractivity contribution in [1.29, 1.82) is 0 Å². The molecule has 0 saturated carbocycles. The van der Waals surface area contributed by atoms with Crippen LogP contribution in [0.15, 0.2) is 53.4 Å². The molecule has 7 nitrogen and oxygen atoms in total. The van der Waals surface area contributed by atoms with E-state index in [1.807, 2.05) is 0 Å². The van der Waals surface area contributed by atoms with E-state index >= 15 is 0 Å². The molecule has 0 bridgehead atoms. The lowest BCUT2D eigenvalue weighted by molar-refractivity contribution is -0.122. The van der Waals surface area contributed by atoms with Gasteiger partial charge in [0.05, 0.1) is 22.9 Å². The molecule has 0 radical (unpaired) electrons. The number of nitrogens with one attached hydrogen (secondary N) is 1. The lowest BCUT2D eigenvalue weighted by Crippen LogP contribution is -2.48. The number of halogens is 1. The van der Waals surface area contributed by atoms with Crippen LogP contribution in [-0.2, 0) is 24.7 Å². The largest absolute Gasteiger partial charge is 0.348 e. The number of hydrogen-bond donors (Lipinski definition) is 1. The minimum absolute atomic E-state index is 0.149. The number of rotatable bonds is 7. The number of para-hydroxylation sites is 1. The Kier molecular flexibility index (Phi) is 6.69. The molecular weight excluding hydrogens is 419 g/mol. The van der Waals surface area contributed by atoms with Gasteiger partial charge in [-0.2, -0.15) is 0 Å². The molecule has 10 heteroatoms. The minimum Gasteiger partial charge on any atom is -0.348 e. The first-order chi connectivity index (χ1) is 13.3. The zero-order valence-electron chi connectivity index (χ0n) is 16.5. The number of benzene rings is 2. The van der Waals surface area contributed by atoms with Crippen LogP contribution in [0.3, 0.4) is 0 Å². The van der Waals surface area contributed by atoms with Gasteiger partial charge in [0.2, 0.25) is 15.9 Å². The summed E-state index contributed by atoms with van der Waals surface area (Å²) in [6.07, 6.45) is 1.99. The van der Waals surface area contributed by atoms with Gasteiger partial charge in [-0.1, -0.05) is 24.3 Å². The van der Waals surface area contributed by atoms with E-state index in [-0.39, 0.29) is 10.6 Å². The molecule has 0 fully saturated rings. The van der Waals surface area contributed by atoms with Crippen LogP contribution < -0.4 is 9.62 Å². The molecule has 1 N–H and O–H groups in total. The van der Waals surface area contributed by atoms with Crippen LogP contribution in [0.1, 0.15) is 25.5 Å². The molecule has 0 aromatic heterocycles. The normalized spacial score (nSPS) is 14.1. The van der Waals surface area contributed by atoms with Crippen molar-refractivity contribution in [2.45, 2.75) is 30.8 Å². The van der Waals surface area contributed by atoms with Crippen LogP contribution in [0.4, 0.5) is 10.1 Å². The van der Waals surface area contributed by atoms with E-state index in [9.17, 15) is 26.0 Å². The molecule has 29 heavy (non-hydrogen) atoms. The highest BCUT2D eigenvalue weighted by Gasteiger charge is 2.31. The minimum atomic E-state index is -3.94. The number of nitrogens with zero attached hydrogens (tertiary/aromatic N) is 1. The molecule has 0 aliphatic heterocycles. The molecule has 2 rings (SSSR count). The summed E-state index contributed by atoms with van der Waals surface area (Å²) in [4.78, 5) is 12.8. The maximum atomic E-state index is 14.2. The van der Waals surface area contributed by atoms with Gasteiger partial charge >= 0.3 is 0 Å². The Morgan fingerprint density at radius 3 is 2.00 bits per heavy atom. The van der Waals surface area contributed by atoms with Crippen LogP contribution in [0.2, 0.25) is 0 Å². The third kappa shape index (κ3) is 5.54. The first kappa shape index (κ1) is 22.8. The molecule has 0 saturated heterocycles. The standard InChI is InChI=1S/C19H23FN2O5S2/c1-13(15-9-11-16(12-10-15)28(3,24)25)21-19(23)14(2)22(29(4,26)27)18-8-6-5-7-17(18)20/h5-14H,1-4H3,(H,21,23)/t13-,14+/m1/s1. The molecule has 0 aliphatic carbocycles. The first-order valence-corrected chi connectivity index (χ1v) is 12.4. The van der Waals surface area contributed by atoms with Crippen molar-refractivity contribution >= 4 is 31.5 Å². The van der Waals surface area contributed by atoms with Gasteiger partial charge in [0, 0.05) is 6.26 Å². The SMILES string of the molecule is C[C@@H](NC(=O)[C@H](C)N(c1ccccc1F)S(C)(=O)=O)c1ccc(S(C)(=O)=O)cc1. The van der Waals surface area contributed by atoms with E-state index in [0.29, 0.717) is 5.56 Å². The average molecular weight is 443 g/mol. The number of carbonyl (C=O) groups is 1. The van der Waals surface area contributed by atoms with E-state index in [4.69, 9.17) is 0 Å². The van der Waals surface area contributed by atoms with Crippen molar-refractivity contribution in [2.24, 2.45) is 0 Å². The number of carbonyl (C=O) groups excluding carboxylic acids is 1. The topological polar surface area (TPSA) is 101 Å². The predicted octanol–water partition coefficient (Wildman–Crippen LogP) is 2.26. The summed E-state index contributed by atoms with van der Waals surface area (Å²) < 4.78 is 62.5. The molecule has 2 aromatic carbocycles. The number of hydrogen-bond acceptors (Lipinski definition) is 5. The molecule has 2 aromatic rings.